The van der Waals surface area contributed by atoms with E-state index in [4.69, 9.17) is 23.2 Å². The molecule has 0 radical (unpaired) electrons. The number of hydrogen-bond donors (Lipinski definition) is 2. The molecular formula is C16H22Cl2N2O. The zero-order valence-electron chi connectivity index (χ0n) is 12.3. The van der Waals surface area contributed by atoms with Crippen LogP contribution in [0.15, 0.2) is 18.2 Å². The summed E-state index contributed by atoms with van der Waals surface area (Å²) in [5.41, 5.74) is 0.559. The minimum absolute atomic E-state index is 0.0798. The third kappa shape index (κ3) is 4.60. The molecule has 2 atom stereocenters. The van der Waals surface area contributed by atoms with Gasteiger partial charge in [-0.1, -0.05) is 43.0 Å². The van der Waals surface area contributed by atoms with E-state index in [0.717, 1.165) is 32.2 Å². The summed E-state index contributed by atoms with van der Waals surface area (Å²) in [5, 5.41) is 7.55. The van der Waals surface area contributed by atoms with E-state index < -0.39 is 0 Å². The number of amides is 1. The van der Waals surface area contributed by atoms with Crippen LogP contribution in [0.5, 0.6) is 0 Å². The van der Waals surface area contributed by atoms with Crippen molar-refractivity contribution in [1.29, 1.82) is 0 Å². The van der Waals surface area contributed by atoms with Crippen molar-refractivity contribution in [3.05, 3.63) is 33.8 Å². The van der Waals surface area contributed by atoms with E-state index in [9.17, 15) is 4.79 Å². The highest BCUT2D eigenvalue weighted by atomic mass is 35.5. The Bertz CT molecular complexity index is 493. The molecule has 2 N–H and O–H groups in total. The van der Waals surface area contributed by atoms with E-state index in [1.807, 2.05) is 0 Å². The summed E-state index contributed by atoms with van der Waals surface area (Å²) < 4.78 is 0. The van der Waals surface area contributed by atoms with Crippen molar-refractivity contribution < 1.29 is 4.79 Å². The molecule has 0 aliphatic heterocycles. The number of carbonyl (C=O) groups excluding carboxylic acids is 1. The quantitative estimate of drug-likeness (QED) is 0.856. The first kappa shape index (κ1) is 16.6. The summed E-state index contributed by atoms with van der Waals surface area (Å²) in [4.78, 5) is 12.4. The molecule has 1 aliphatic rings. The van der Waals surface area contributed by atoms with Crippen LogP contribution >= 0.6 is 23.2 Å². The SMILES string of the molecule is CCCNC1CCCCC1NC(=O)c1ccc(Cl)c(Cl)c1. The largest absolute Gasteiger partial charge is 0.348 e. The third-order valence-corrected chi connectivity index (χ3v) is 4.66. The van der Waals surface area contributed by atoms with Crippen LogP contribution in [0, 0.1) is 0 Å². The Balaban J connectivity index is 2.00. The van der Waals surface area contributed by atoms with E-state index in [2.05, 4.69) is 17.6 Å². The van der Waals surface area contributed by atoms with E-state index in [1.165, 1.54) is 6.42 Å². The van der Waals surface area contributed by atoms with Crippen molar-refractivity contribution in [3.8, 4) is 0 Å². The Morgan fingerprint density at radius 3 is 2.57 bits per heavy atom. The van der Waals surface area contributed by atoms with Gasteiger partial charge in [0.2, 0.25) is 0 Å². The van der Waals surface area contributed by atoms with Gasteiger partial charge >= 0.3 is 0 Å². The number of benzene rings is 1. The van der Waals surface area contributed by atoms with Gasteiger partial charge in [0.05, 0.1) is 10.0 Å². The zero-order valence-corrected chi connectivity index (χ0v) is 13.8. The maximum atomic E-state index is 12.4. The molecule has 2 rings (SSSR count). The van der Waals surface area contributed by atoms with Gasteiger partial charge in [-0.05, 0) is 44.0 Å². The highest BCUT2D eigenvalue weighted by Gasteiger charge is 2.26. The van der Waals surface area contributed by atoms with Crippen molar-refractivity contribution >= 4 is 29.1 Å². The fourth-order valence-electron chi connectivity index (χ4n) is 2.77. The van der Waals surface area contributed by atoms with Crippen molar-refractivity contribution in [2.45, 2.75) is 51.1 Å². The number of rotatable bonds is 5. The molecule has 0 spiro atoms. The summed E-state index contributed by atoms with van der Waals surface area (Å²) >= 11 is 11.9. The average Bonchev–Trinajstić information content (AvgIpc) is 2.49. The molecule has 1 saturated carbocycles. The van der Waals surface area contributed by atoms with Crippen LogP contribution < -0.4 is 10.6 Å². The van der Waals surface area contributed by atoms with Gasteiger partial charge in [0.1, 0.15) is 0 Å². The fourth-order valence-corrected chi connectivity index (χ4v) is 3.06. The summed E-state index contributed by atoms with van der Waals surface area (Å²) in [6.07, 6.45) is 5.63. The third-order valence-electron chi connectivity index (χ3n) is 3.92. The summed E-state index contributed by atoms with van der Waals surface area (Å²) in [5.74, 6) is -0.0798. The summed E-state index contributed by atoms with van der Waals surface area (Å²) in [6, 6.07) is 5.54. The van der Waals surface area contributed by atoms with Crippen LogP contribution in [0.25, 0.3) is 0 Å². The highest BCUT2D eigenvalue weighted by molar-refractivity contribution is 6.42. The Morgan fingerprint density at radius 2 is 1.90 bits per heavy atom. The van der Waals surface area contributed by atoms with Crippen LogP contribution in [0.4, 0.5) is 0 Å². The van der Waals surface area contributed by atoms with Crippen molar-refractivity contribution in [1.82, 2.24) is 10.6 Å². The van der Waals surface area contributed by atoms with Crippen molar-refractivity contribution in [2.75, 3.05) is 6.54 Å². The molecule has 116 valence electrons. The van der Waals surface area contributed by atoms with Crippen LogP contribution in [0.1, 0.15) is 49.4 Å². The number of hydrogen-bond acceptors (Lipinski definition) is 2. The van der Waals surface area contributed by atoms with Gasteiger partial charge in [-0.2, -0.15) is 0 Å². The van der Waals surface area contributed by atoms with Crippen LogP contribution in [0.2, 0.25) is 10.0 Å². The second-order valence-electron chi connectivity index (χ2n) is 5.55. The molecule has 0 aromatic heterocycles. The van der Waals surface area contributed by atoms with Gasteiger partial charge in [-0.25, -0.2) is 0 Å². The lowest BCUT2D eigenvalue weighted by Crippen LogP contribution is -2.51. The molecule has 3 nitrogen and oxygen atoms in total. The number of halogens is 2. The van der Waals surface area contributed by atoms with Gasteiger partial charge in [0.15, 0.2) is 0 Å². The molecule has 1 aromatic carbocycles. The molecule has 2 unspecified atom stereocenters. The smallest absolute Gasteiger partial charge is 0.251 e. The minimum Gasteiger partial charge on any atom is -0.348 e. The zero-order chi connectivity index (χ0) is 15.2. The molecule has 1 aliphatic carbocycles. The van der Waals surface area contributed by atoms with Crippen molar-refractivity contribution in [3.63, 3.8) is 0 Å². The Hall–Kier alpha value is -0.770. The highest BCUT2D eigenvalue weighted by Crippen LogP contribution is 2.23. The molecule has 0 bridgehead atoms. The lowest BCUT2D eigenvalue weighted by Gasteiger charge is -2.33. The first-order chi connectivity index (χ1) is 10.1. The Labute approximate surface area is 136 Å². The van der Waals surface area contributed by atoms with E-state index >= 15 is 0 Å². The van der Waals surface area contributed by atoms with E-state index in [-0.39, 0.29) is 11.9 Å². The van der Waals surface area contributed by atoms with E-state index in [1.54, 1.807) is 18.2 Å². The lowest BCUT2D eigenvalue weighted by atomic mass is 9.90. The van der Waals surface area contributed by atoms with Gasteiger partial charge in [-0.15, -0.1) is 0 Å². The average molecular weight is 329 g/mol. The van der Waals surface area contributed by atoms with Crippen molar-refractivity contribution in [2.24, 2.45) is 0 Å². The van der Waals surface area contributed by atoms with Gasteiger partial charge < -0.3 is 10.6 Å². The Morgan fingerprint density at radius 1 is 1.19 bits per heavy atom. The lowest BCUT2D eigenvalue weighted by molar-refractivity contribution is 0.0915. The maximum absolute atomic E-state index is 12.4. The van der Waals surface area contributed by atoms with E-state index in [0.29, 0.717) is 21.7 Å². The fraction of sp³-hybridized carbons (Fsp3) is 0.562. The van der Waals surface area contributed by atoms with Gasteiger partial charge in [0, 0.05) is 17.6 Å². The Kier molecular flexibility index (Phi) is 6.34. The second-order valence-corrected chi connectivity index (χ2v) is 6.37. The predicted molar refractivity (Wildman–Crippen MR) is 88.3 cm³/mol. The van der Waals surface area contributed by atoms with Crippen LogP contribution in [0.3, 0.4) is 0 Å². The monoisotopic (exact) mass is 328 g/mol. The number of carbonyl (C=O) groups is 1. The van der Waals surface area contributed by atoms with Gasteiger partial charge in [-0.3, -0.25) is 4.79 Å². The molecule has 5 heteroatoms. The first-order valence-electron chi connectivity index (χ1n) is 7.61. The first-order valence-corrected chi connectivity index (χ1v) is 8.36. The molecule has 1 aromatic rings. The minimum atomic E-state index is -0.0798. The summed E-state index contributed by atoms with van der Waals surface area (Å²) in [6.45, 7) is 3.14. The normalized spacial score (nSPS) is 22.0. The molecule has 21 heavy (non-hydrogen) atoms. The second kappa shape index (κ2) is 8.02. The number of nitrogens with one attached hydrogen (secondary N) is 2. The van der Waals surface area contributed by atoms with Crippen LogP contribution in [-0.4, -0.2) is 24.5 Å². The molecule has 0 heterocycles. The standard InChI is InChI=1S/C16H22Cl2N2O/c1-2-9-19-14-5-3-4-6-15(14)20-16(21)11-7-8-12(17)13(18)10-11/h7-8,10,14-15,19H,2-6,9H2,1H3,(H,20,21). The molecule has 1 fully saturated rings. The molecule has 0 saturated heterocycles. The maximum Gasteiger partial charge on any atom is 0.251 e. The molecule has 1 amide bonds. The van der Waals surface area contributed by atoms with Crippen LogP contribution in [-0.2, 0) is 0 Å². The predicted octanol–water partition coefficient (Wildman–Crippen LogP) is 4.03. The molecular weight excluding hydrogens is 307 g/mol. The van der Waals surface area contributed by atoms with Gasteiger partial charge in [0.25, 0.3) is 5.91 Å². The topological polar surface area (TPSA) is 41.1 Å². The summed E-state index contributed by atoms with van der Waals surface area (Å²) in [7, 11) is 0.